The second-order valence-electron chi connectivity index (χ2n) is 3.85. The van der Waals surface area contributed by atoms with Gasteiger partial charge >= 0.3 is 0 Å². The summed E-state index contributed by atoms with van der Waals surface area (Å²) in [5, 5.41) is 1.88. The van der Waals surface area contributed by atoms with Gasteiger partial charge in [-0.25, -0.2) is 0 Å². The lowest BCUT2D eigenvalue weighted by atomic mass is 10.0. The maximum atomic E-state index is 5.52. The van der Waals surface area contributed by atoms with Gasteiger partial charge in [-0.3, -0.25) is 4.98 Å². The Morgan fingerprint density at radius 3 is 2.17 bits per heavy atom. The molecule has 2 aromatic rings. The third-order valence-corrected chi connectivity index (χ3v) is 3.03. The van der Waals surface area contributed by atoms with Crippen molar-refractivity contribution in [2.75, 3.05) is 21.3 Å². The number of methoxy groups -OCH3 is 3. The first-order chi connectivity index (χ1) is 8.78. The minimum Gasteiger partial charge on any atom is -0.496 e. The number of rotatable bonds is 4. The Morgan fingerprint density at radius 1 is 0.944 bits per heavy atom. The minimum absolute atomic E-state index is 0.729. The fourth-order valence-corrected chi connectivity index (χ4v) is 2.27. The number of pyridine rings is 1. The van der Waals surface area contributed by atoms with E-state index in [-0.39, 0.29) is 0 Å². The number of fused-ring (bicyclic) bond motifs is 1. The summed E-state index contributed by atoms with van der Waals surface area (Å²) in [4.78, 5) is 4.15. The zero-order chi connectivity index (χ0) is 13.1. The van der Waals surface area contributed by atoms with E-state index in [4.69, 9.17) is 14.2 Å². The van der Waals surface area contributed by atoms with Gasteiger partial charge in [-0.15, -0.1) is 0 Å². The van der Waals surface area contributed by atoms with E-state index in [9.17, 15) is 0 Å². The molecule has 0 amide bonds. The van der Waals surface area contributed by atoms with Crippen LogP contribution in [0.3, 0.4) is 0 Å². The van der Waals surface area contributed by atoms with Gasteiger partial charge in [-0.1, -0.05) is 6.92 Å². The molecule has 0 fully saturated rings. The lowest BCUT2D eigenvalue weighted by Gasteiger charge is -2.18. The van der Waals surface area contributed by atoms with E-state index in [1.807, 2.05) is 6.07 Å². The average Bonchev–Trinajstić information content (AvgIpc) is 2.44. The van der Waals surface area contributed by atoms with Crippen LogP contribution in [0.25, 0.3) is 10.8 Å². The molecule has 1 heterocycles. The average molecular weight is 247 g/mol. The summed E-state index contributed by atoms with van der Waals surface area (Å²) in [5.41, 5.74) is 0.998. The van der Waals surface area contributed by atoms with Crippen LogP contribution in [0.5, 0.6) is 17.2 Å². The monoisotopic (exact) mass is 247 g/mol. The van der Waals surface area contributed by atoms with Crippen molar-refractivity contribution in [3.63, 3.8) is 0 Å². The zero-order valence-corrected chi connectivity index (χ0v) is 11.1. The lowest BCUT2D eigenvalue weighted by molar-refractivity contribution is 0.349. The van der Waals surface area contributed by atoms with E-state index >= 15 is 0 Å². The van der Waals surface area contributed by atoms with Crippen LogP contribution in [-0.4, -0.2) is 26.3 Å². The van der Waals surface area contributed by atoms with Crippen molar-refractivity contribution in [1.29, 1.82) is 0 Å². The molecule has 0 N–H and O–H groups in total. The highest BCUT2D eigenvalue weighted by Gasteiger charge is 2.20. The van der Waals surface area contributed by atoms with Crippen molar-refractivity contribution < 1.29 is 14.2 Å². The van der Waals surface area contributed by atoms with Gasteiger partial charge in [0, 0.05) is 28.7 Å². The van der Waals surface area contributed by atoms with Crippen LogP contribution in [0.2, 0.25) is 0 Å². The Bertz CT molecular complexity index is 516. The van der Waals surface area contributed by atoms with Crippen molar-refractivity contribution in [3.8, 4) is 17.2 Å². The van der Waals surface area contributed by atoms with E-state index in [1.54, 1.807) is 33.7 Å². The number of hydrogen-bond donors (Lipinski definition) is 0. The highest BCUT2D eigenvalue weighted by molar-refractivity contribution is 5.96. The van der Waals surface area contributed by atoms with Gasteiger partial charge in [0.25, 0.3) is 0 Å². The molecule has 0 aliphatic carbocycles. The minimum atomic E-state index is 0.729. The van der Waals surface area contributed by atoms with E-state index < -0.39 is 0 Å². The Balaban J connectivity index is 2.94. The number of benzene rings is 1. The van der Waals surface area contributed by atoms with Crippen LogP contribution in [0.15, 0.2) is 18.5 Å². The number of aromatic nitrogens is 1. The number of hydrogen-bond acceptors (Lipinski definition) is 4. The molecule has 96 valence electrons. The van der Waals surface area contributed by atoms with Gasteiger partial charge in [0.05, 0.1) is 21.3 Å². The summed E-state index contributed by atoms with van der Waals surface area (Å²) in [7, 11) is 4.94. The smallest absolute Gasteiger partial charge is 0.169 e. The third kappa shape index (κ3) is 1.74. The summed E-state index contributed by atoms with van der Waals surface area (Å²) in [6.45, 7) is 2.06. The van der Waals surface area contributed by atoms with Crippen molar-refractivity contribution in [3.05, 3.63) is 24.0 Å². The Labute approximate surface area is 106 Å². The molecular formula is C14H17NO3. The predicted octanol–water partition coefficient (Wildman–Crippen LogP) is 2.82. The highest BCUT2D eigenvalue weighted by atomic mass is 16.5. The molecule has 0 radical (unpaired) electrons. The van der Waals surface area contributed by atoms with Crippen LogP contribution < -0.4 is 14.2 Å². The van der Waals surface area contributed by atoms with Crippen molar-refractivity contribution in [2.24, 2.45) is 0 Å². The fourth-order valence-electron chi connectivity index (χ4n) is 2.27. The molecular weight excluding hydrogens is 230 g/mol. The molecule has 0 bridgehead atoms. The predicted molar refractivity (Wildman–Crippen MR) is 70.8 cm³/mol. The van der Waals surface area contributed by atoms with Crippen molar-refractivity contribution in [2.45, 2.75) is 13.3 Å². The molecule has 0 aliphatic rings. The molecule has 0 atom stereocenters. The van der Waals surface area contributed by atoms with Gasteiger partial charge in [0.15, 0.2) is 11.5 Å². The van der Waals surface area contributed by atoms with Crippen LogP contribution in [0.1, 0.15) is 12.5 Å². The maximum absolute atomic E-state index is 5.52. The third-order valence-electron chi connectivity index (χ3n) is 3.03. The first kappa shape index (κ1) is 12.5. The van der Waals surface area contributed by atoms with E-state index in [1.165, 1.54) is 0 Å². The normalized spacial score (nSPS) is 10.4. The van der Waals surface area contributed by atoms with Gasteiger partial charge < -0.3 is 14.2 Å². The van der Waals surface area contributed by atoms with Crippen LogP contribution in [-0.2, 0) is 6.42 Å². The molecule has 0 saturated heterocycles. The zero-order valence-electron chi connectivity index (χ0n) is 11.1. The van der Waals surface area contributed by atoms with E-state index in [0.29, 0.717) is 0 Å². The summed E-state index contributed by atoms with van der Waals surface area (Å²) in [6, 6.07) is 1.90. The Morgan fingerprint density at radius 2 is 1.61 bits per heavy atom. The largest absolute Gasteiger partial charge is 0.496 e. The van der Waals surface area contributed by atoms with Crippen LogP contribution in [0.4, 0.5) is 0 Å². The second kappa shape index (κ2) is 5.12. The van der Waals surface area contributed by atoms with Crippen LogP contribution in [0, 0.1) is 0 Å². The molecule has 1 aromatic heterocycles. The van der Waals surface area contributed by atoms with Gasteiger partial charge in [-0.05, 0) is 12.5 Å². The first-order valence-electron chi connectivity index (χ1n) is 5.82. The molecule has 1 aromatic carbocycles. The highest BCUT2D eigenvalue weighted by Crippen LogP contribution is 2.45. The molecule has 0 aliphatic heterocycles. The van der Waals surface area contributed by atoms with Gasteiger partial charge in [-0.2, -0.15) is 0 Å². The number of ether oxygens (including phenoxy) is 3. The summed E-state index contributed by atoms with van der Waals surface area (Å²) < 4.78 is 16.5. The molecule has 0 saturated carbocycles. The quantitative estimate of drug-likeness (QED) is 0.833. The Hall–Kier alpha value is -1.97. The summed E-state index contributed by atoms with van der Waals surface area (Å²) >= 11 is 0. The van der Waals surface area contributed by atoms with Gasteiger partial charge in [0.2, 0.25) is 0 Å². The summed E-state index contributed by atoms with van der Waals surface area (Å²) in [6.07, 6.45) is 4.32. The van der Waals surface area contributed by atoms with E-state index in [0.717, 1.165) is 40.0 Å². The standard InChI is InChI=1S/C14H17NO3/c1-5-9-12(16-2)11-8-15-7-6-10(11)14(18-4)13(9)17-3/h6-8H,5H2,1-4H3. The van der Waals surface area contributed by atoms with E-state index in [2.05, 4.69) is 11.9 Å². The second-order valence-corrected chi connectivity index (χ2v) is 3.85. The maximum Gasteiger partial charge on any atom is 0.169 e. The Kier molecular flexibility index (Phi) is 3.55. The summed E-state index contributed by atoms with van der Waals surface area (Å²) in [5.74, 6) is 2.27. The lowest BCUT2D eigenvalue weighted by Crippen LogP contribution is -2.00. The SMILES string of the molecule is CCc1c(OC)c(OC)c2ccncc2c1OC. The van der Waals surface area contributed by atoms with Crippen molar-refractivity contribution in [1.82, 2.24) is 4.98 Å². The van der Waals surface area contributed by atoms with Crippen LogP contribution >= 0.6 is 0 Å². The molecule has 4 heteroatoms. The number of nitrogens with zero attached hydrogens (tertiary/aromatic N) is 1. The van der Waals surface area contributed by atoms with Crippen molar-refractivity contribution >= 4 is 10.8 Å². The van der Waals surface area contributed by atoms with Gasteiger partial charge in [0.1, 0.15) is 5.75 Å². The first-order valence-corrected chi connectivity index (χ1v) is 5.82. The molecule has 2 rings (SSSR count). The molecule has 0 unspecified atom stereocenters. The molecule has 0 spiro atoms. The topological polar surface area (TPSA) is 40.6 Å². The molecule has 4 nitrogen and oxygen atoms in total. The fraction of sp³-hybridized carbons (Fsp3) is 0.357. The molecule has 18 heavy (non-hydrogen) atoms.